The topological polar surface area (TPSA) is 134 Å². The van der Waals surface area contributed by atoms with E-state index in [4.69, 9.17) is 9.98 Å². The lowest BCUT2D eigenvalue weighted by atomic mass is 9.96. The third kappa shape index (κ3) is 5.07. The molecule has 2 N–H and O–H groups in total. The summed E-state index contributed by atoms with van der Waals surface area (Å²) in [6.07, 6.45) is -0.484. The van der Waals surface area contributed by atoms with Gasteiger partial charge in [0.05, 0.1) is 22.3 Å². The Labute approximate surface area is 270 Å². The van der Waals surface area contributed by atoms with Gasteiger partial charge >= 0.3 is 5.97 Å². The standard InChI is InChI=1S/C37H31N5O5/c1-20-17-24-15-16-41-32(24)28(18-20)31(23-9-5-4-6-10-23)40-34(36(41)45)42-22(3)39-30-19-25(13-14-27(30)35(42)44)33(43)26-11-7-8-12-29(26)38-21(2)37(46)47/h4-14,17-19,21,34,38H,15-16H2,1-3H3,(H,46,47). The number of carboxylic acids is 1. The quantitative estimate of drug-likeness (QED) is 0.241. The van der Waals surface area contributed by atoms with Crippen LogP contribution >= 0.6 is 0 Å². The molecule has 0 saturated heterocycles. The number of rotatable bonds is 7. The first-order chi connectivity index (χ1) is 22.6. The molecular weight excluding hydrogens is 594 g/mol. The maximum atomic E-state index is 14.3. The van der Waals surface area contributed by atoms with Gasteiger partial charge in [0.2, 0.25) is 6.17 Å². The number of fused-ring (bicyclic) bond motifs is 1. The molecule has 10 nitrogen and oxygen atoms in total. The van der Waals surface area contributed by atoms with Crippen LogP contribution in [0.5, 0.6) is 0 Å². The van der Waals surface area contributed by atoms with Gasteiger partial charge in [-0.2, -0.15) is 0 Å². The molecule has 10 heteroatoms. The van der Waals surface area contributed by atoms with E-state index in [-0.39, 0.29) is 34.0 Å². The predicted molar refractivity (Wildman–Crippen MR) is 180 cm³/mol. The third-order valence-electron chi connectivity index (χ3n) is 8.75. The summed E-state index contributed by atoms with van der Waals surface area (Å²) in [6.45, 7) is 5.66. The Balaban J connectivity index is 1.34. The Morgan fingerprint density at radius 1 is 0.957 bits per heavy atom. The minimum atomic E-state index is -1.19. The number of nitrogens with zero attached hydrogens (tertiary/aromatic N) is 4. The molecule has 0 aliphatic carbocycles. The van der Waals surface area contributed by atoms with E-state index in [1.807, 2.05) is 43.3 Å². The molecule has 2 atom stereocenters. The Hall–Kier alpha value is -5.90. The molecule has 47 heavy (non-hydrogen) atoms. The summed E-state index contributed by atoms with van der Waals surface area (Å²) in [5.74, 6) is -1.44. The zero-order valence-electron chi connectivity index (χ0n) is 26.0. The summed E-state index contributed by atoms with van der Waals surface area (Å²) in [5, 5.41) is 12.5. The van der Waals surface area contributed by atoms with Crippen molar-refractivity contribution in [2.45, 2.75) is 39.4 Å². The highest BCUT2D eigenvalue weighted by molar-refractivity contribution is 6.21. The molecule has 2 aliphatic rings. The number of anilines is 2. The van der Waals surface area contributed by atoms with Crippen LogP contribution in [-0.2, 0) is 16.0 Å². The minimum absolute atomic E-state index is 0.238. The van der Waals surface area contributed by atoms with Gasteiger partial charge in [-0.15, -0.1) is 0 Å². The number of aromatic nitrogens is 2. The summed E-state index contributed by atoms with van der Waals surface area (Å²) >= 11 is 0. The van der Waals surface area contributed by atoms with Gasteiger partial charge in [0.15, 0.2) is 5.78 Å². The fourth-order valence-electron chi connectivity index (χ4n) is 6.49. The highest BCUT2D eigenvalue weighted by atomic mass is 16.4. The minimum Gasteiger partial charge on any atom is -0.480 e. The van der Waals surface area contributed by atoms with E-state index in [0.717, 1.165) is 27.9 Å². The monoisotopic (exact) mass is 625 g/mol. The lowest BCUT2D eigenvalue weighted by molar-refractivity contribution is -0.137. The zero-order valence-corrected chi connectivity index (χ0v) is 26.0. The first-order valence-electron chi connectivity index (χ1n) is 15.4. The van der Waals surface area contributed by atoms with Crippen molar-refractivity contribution in [3.05, 3.63) is 134 Å². The predicted octanol–water partition coefficient (Wildman–Crippen LogP) is 5.07. The lowest BCUT2D eigenvalue weighted by Crippen LogP contribution is -2.39. The number of aliphatic imine (C=N–C) groups is 1. The van der Waals surface area contributed by atoms with Gasteiger partial charge in [0, 0.05) is 34.5 Å². The number of nitrogens with one attached hydrogen (secondary N) is 1. The van der Waals surface area contributed by atoms with Crippen LogP contribution in [0.1, 0.15) is 57.1 Å². The van der Waals surface area contributed by atoms with Gasteiger partial charge in [-0.05, 0) is 63.1 Å². The van der Waals surface area contributed by atoms with Crippen LogP contribution < -0.4 is 15.8 Å². The molecule has 2 aliphatic heterocycles. The number of carbonyl (C=O) groups is 3. The molecule has 234 valence electrons. The van der Waals surface area contributed by atoms with E-state index in [2.05, 4.69) is 11.4 Å². The van der Waals surface area contributed by atoms with Gasteiger partial charge in [-0.3, -0.25) is 23.7 Å². The molecule has 0 saturated carbocycles. The number of carboxylic acid groups (broad SMARTS) is 1. The molecule has 0 radical (unpaired) electrons. The number of benzene rings is 4. The van der Waals surface area contributed by atoms with Gasteiger partial charge in [-0.25, -0.2) is 9.98 Å². The summed E-state index contributed by atoms with van der Waals surface area (Å²) < 4.78 is 1.35. The molecule has 5 aromatic rings. The molecule has 4 aromatic carbocycles. The summed E-state index contributed by atoms with van der Waals surface area (Å²) in [5.41, 5.74) is 6.10. The molecule has 0 fully saturated rings. The Kier molecular flexibility index (Phi) is 7.27. The Bertz CT molecular complexity index is 2220. The van der Waals surface area contributed by atoms with E-state index < -0.39 is 23.7 Å². The summed E-state index contributed by atoms with van der Waals surface area (Å²) in [6, 6.07) is 24.2. The zero-order chi connectivity index (χ0) is 33.0. The van der Waals surface area contributed by atoms with Crippen LogP contribution in [0.15, 0.2) is 94.7 Å². The number of aryl methyl sites for hydroxylation is 2. The first-order valence-corrected chi connectivity index (χ1v) is 15.4. The molecule has 0 bridgehead atoms. The van der Waals surface area contributed by atoms with Crippen LogP contribution in [0.4, 0.5) is 11.4 Å². The number of hydrogen-bond acceptors (Lipinski definition) is 7. The van der Waals surface area contributed by atoms with E-state index in [0.29, 0.717) is 29.9 Å². The van der Waals surface area contributed by atoms with Crippen molar-refractivity contribution < 1.29 is 19.5 Å². The molecular formula is C37H31N5O5. The third-order valence-corrected chi connectivity index (χ3v) is 8.75. The maximum Gasteiger partial charge on any atom is 0.325 e. The van der Waals surface area contributed by atoms with E-state index in [1.54, 1.807) is 54.3 Å². The second kappa shape index (κ2) is 11.5. The van der Waals surface area contributed by atoms with Crippen molar-refractivity contribution in [2.24, 2.45) is 4.99 Å². The normalized spacial score (nSPS) is 16.0. The fraction of sp³-hybridized carbons (Fsp3) is 0.189. The van der Waals surface area contributed by atoms with Gasteiger partial charge in [-0.1, -0.05) is 60.2 Å². The maximum absolute atomic E-state index is 14.3. The number of carbonyl (C=O) groups excluding carboxylic acids is 2. The van der Waals surface area contributed by atoms with E-state index in [1.165, 1.54) is 11.5 Å². The molecule has 0 spiro atoms. The Morgan fingerprint density at radius 3 is 2.47 bits per heavy atom. The van der Waals surface area contributed by atoms with Crippen LogP contribution in [-0.4, -0.2) is 50.6 Å². The average molecular weight is 626 g/mol. The number of aliphatic carboxylic acids is 1. The van der Waals surface area contributed by atoms with Crippen LogP contribution in [0, 0.1) is 13.8 Å². The van der Waals surface area contributed by atoms with Crippen molar-refractivity contribution >= 4 is 45.6 Å². The second-order valence-corrected chi connectivity index (χ2v) is 11.9. The number of hydrogen-bond donors (Lipinski definition) is 2. The molecule has 1 aromatic heterocycles. The highest BCUT2D eigenvalue weighted by Crippen LogP contribution is 2.39. The first kappa shape index (κ1) is 29.8. The van der Waals surface area contributed by atoms with Crippen molar-refractivity contribution in [1.82, 2.24) is 9.55 Å². The fourth-order valence-corrected chi connectivity index (χ4v) is 6.49. The van der Waals surface area contributed by atoms with E-state index in [9.17, 15) is 24.3 Å². The summed E-state index contributed by atoms with van der Waals surface area (Å²) in [7, 11) is 0. The number of para-hydroxylation sites is 1. The van der Waals surface area contributed by atoms with Crippen molar-refractivity contribution in [3.8, 4) is 0 Å². The SMILES string of the molecule is Cc1cc2c3c(c1)C(c1ccccc1)=NC(n1c(C)nc4cc(C(=O)c5ccccc5NC(C)C(=O)O)ccc4c1=O)C(=O)N3CC2. The molecule has 1 amide bonds. The van der Waals surface area contributed by atoms with Crippen LogP contribution in [0.25, 0.3) is 10.9 Å². The number of ketones is 1. The average Bonchev–Trinajstić information content (AvgIpc) is 3.44. The van der Waals surface area contributed by atoms with Gasteiger partial charge in [0.25, 0.3) is 11.5 Å². The molecule has 7 rings (SSSR count). The van der Waals surface area contributed by atoms with Crippen molar-refractivity contribution in [1.29, 1.82) is 0 Å². The summed E-state index contributed by atoms with van der Waals surface area (Å²) in [4.78, 5) is 65.0. The highest BCUT2D eigenvalue weighted by Gasteiger charge is 2.38. The molecule has 2 unspecified atom stereocenters. The van der Waals surface area contributed by atoms with Gasteiger partial charge in [0.1, 0.15) is 11.9 Å². The van der Waals surface area contributed by atoms with Crippen molar-refractivity contribution in [2.75, 3.05) is 16.8 Å². The largest absolute Gasteiger partial charge is 0.480 e. The van der Waals surface area contributed by atoms with Crippen LogP contribution in [0.2, 0.25) is 0 Å². The second-order valence-electron chi connectivity index (χ2n) is 11.9. The van der Waals surface area contributed by atoms with Crippen LogP contribution in [0.3, 0.4) is 0 Å². The van der Waals surface area contributed by atoms with E-state index >= 15 is 0 Å². The lowest BCUT2D eigenvalue weighted by Gasteiger charge is -2.23. The van der Waals surface area contributed by atoms with Gasteiger partial charge < -0.3 is 15.3 Å². The smallest absolute Gasteiger partial charge is 0.325 e. The number of amides is 1. The Morgan fingerprint density at radius 2 is 1.70 bits per heavy atom. The van der Waals surface area contributed by atoms with Crippen molar-refractivity contribution in [3.63, 3.8) is 0 Å². The molecule has 3 heterocycles.